The molecule has 0 atom stereocenters. The third kappa shape index (κ3) is 3.08. The van der Waals surface area contributed by atoms with E-state index in [4.69, 9.17) is 10.5 Å². The maximum absolute atomic E-state index is 13.0. The summed E-state index contributed by atoms with van der Waals surface area (Å²) in [5, 5.41) is 2.68. The van der Waals surface area contributed by atoms with Gasteiger partial charge in [0, 0.05) is 10.0 Å². The van der Waals surface area contributed by atoms with E-state index >= 15 is 0 Å². The lowest BCUT2D eigenvalue weighted by Crippen LogP contribution is -2.12. The zero-order chi connectivity index (χ0) is 14.7. The van der Waals surface area contributed by atoms with Gasteiger partial charge in [0.15, 0.2) is 0 Å². The van der Waals surface area contributed by atoms with E-state index in [1.165, 1.54) is 25.3 Å². The number of nitrogens with one attached hydrogen (secondary N) is 1. The Bertz CT molecular complexity index is 662. The largest absolute Gasteiger partial charge is 0.495 e. The van der Waals surface area contributed by atoms with E-state index < -0.39 is 0 Å². The van der Waals surface area contributed by atoms with E-state index in [-0.39, 0.29) is 11.7 Å². The SMILES string of the molecule is COc1cc(C(=O)Nc2ccc(F)cc2Br)ccc1N. The van der Waals surface area contributed by atoms with Gasteiger partial charge in [-0.15, -0.1) is 0 Å². The minimum Gasteiger partial charge on any atom is -0.495 e. The highest BCUT2D eigenvalue weighted by Crippen LogP contribution is 2.25. The van der Waals surface area contributed by atoms with Gasteiger partial charge in [0.1, 0.15) is 11.6 Å². The number of hydrogen-bond acceptors (Lipinski definition) is 3. The fourth-order valence-electron chi connectivity index (χ4n) is 1.64. The molecular weight excluding hydrogens is 327 g/mol. The second-order valence-corrected chi connectivity index (χ2v) is 4.89. The summed E-state index contributed by atoms with van der Waals surface area (Å²) in [5.41, 5.74) is 7.01. The van der Waals surface area contributed by atoms with Gasteiger partial charge in [0.05, 0.1) is 18.5 Å². The highest BCUT2D eigenvalue weighted by atomic mass is 79.9. The van der Waals surface area contributed by atoms with E-state index in [1.54, 1.807) is 18.2 Å². The molecule has 0 radical (unpaired) electrons. The van der Waals surface area contributed by atoms with Gasteiger partial charge < -0.3 is 15.8 Å². The van der Waals surface area contributed by atoms with Crippen molar-refractivity contribution in [3.05, 3.63) is 52.3 Å². The summed E-state index contributed by atoms with van der Waals surface area (Å²) in [4.78, 5) is 12.1. The van der Waals surface area contributed by atoms with Crippen LogP contribution in [-0.4, -0.2) is 13.0 Å². The van der Waals surface area contributed by atoms with Crippen LogP contribution in [-0.2, 0) is 0 Å². The molecule has 4 nitrogen and oxygen atoms in total. The molecule has 3 N–H and O–H groups in total. The van der Waals surface area contributed by atoms with Crippen molar-refractivity contribution in [3.63, 3.8) is 0 Å². The highest BCUT2D eigenvalue weighted by Gasteiger charge is 2.11. The van der Waals surface area contributed by atoms with Crippen molar-refractivity contribution in [3.8, 4) is 5.75 Å². The Labute approximate surface area is 123 Å². The normalized spacial score (nSPS) is 10.2. The second-order valence-electron chi connectivity index (χ2n) is 4.04. The zero-order valence-electron chi connectivity index (χ0n) is 10.6. The third-order valence-electron chi connectivity index (χ3n) is 2.67. The van der Waals surface area contributed by atoms with Crippen LogP contribution in [0.25, 0.3) is 0 Å². The van der Waals surface area contributed by atoms with E-state index in [0.29, 0.717) is 27.2 Å². The second kappa shape index (κ2) is 5.92. The Hall–Kier alpha value is -2.08. The minimum atomic E-state index is -0.385. The Morgan fingerprint density at radius 2 is 2.05 bits per heavy atom. The number of ether oxygens (including phenoxy) is 1. The standard InChI is InChI=1S/C14H12BrFN2O2/c1-20-13-6-8(2-4-11(13)17)14(19)18-12-5-3-9(16)7-10(12)15/h2-7H,17H2,1H3,(H,18,19). The lowest BCUT2D eigenvalue weighted by atomic mass is 10.1. The first kappa shape index (κ1) is 14.3. The lowest BCUT2D eigenvalue weighted by Gasteiger charge is -2.09. The molecule has 0 saturated carbocycles. The molecule has 0 aromatic heterocycles. The number of nitrogens with two attached hydrogens (primary N) is 1. The van der Waals surface area contributed by atoms with Crippen LogP contribution >= 0.6 is 15.9 Å². The first-order valence-corrected chi connectivity index (χ1v) is 6.50. The molecule has 20 heavy (non-hydrogen) atoms. The summed E-state index contributed by atoms with van der Waals surface area (Å²) in [6, 6.07) is 8.75. The van der Waals surface area contributed by atoms with Gasteiger partial charge in [-0.2, -0.15) is 0 Å². The van der Waals surface area contributed by atoms with E-state index in [1.807, 2.05) is 0 Å². The van der Waals surface area contributed by atoms with Gasteiger partial charge in [0.2, 0.25) is 0 Å². The van der Waals surface area contributed by atoms with Crippen LogP contribution in [0.1, 0.15) is 10.4 Å². The third-order valence-corrected chi connectivity index (χ3v) is 3.33. The topological polar surface area (TPSA) is 64.3 Å². The Morgan fingerprint density at radius 1 is 1.30 bits per heavy atom. The lowest BCUT2D eigenvalue weighted by molar-refractivity contribution is 0.102. The van der Waals surface area contributed by atoms with Gasteiger partial charge in [-0.05, 0) is 52.3 Å². The summed E-state index contributed by atoms with van der Waals surface area (Å²) < 4.78 is 18.5. The molecule has 0 aliphatic rings. The average molecular weight is 339 g/mol. The molecule has 2 rings (SSSR count). The van der Waals surface area contributed by atoms with E-state index in [0.717, 1.165) is 0 Å². The molecule has 0 spiro atoms. The van der Waals surface area contributed by atoms with Crippen molar-refractivity contribution in [2.45, 2.75) is 0 Å². The van der Waals surface area contributed by atoms with Gasteiger partial charge in [-0.3, -0.25) is 4.79 Å². The van der Waals surface area contributed by atoms with Gasteiger partial charge in [0.25, 0.3) is 5.91 Å². The quantitative estimate of drug-likeness (QED) is 0.842. The van der Waals surface area contributed by atoms with E-state index in [9.17, 15) is 9.18 Å². The molecule has 0 bridgehead atoms. The monoisotopic (exact) mass is 338 g/mol. The van der Waals surface area contributed by atoms with Gasteiger partial charge in [-0.25, -0.2) is 4.39 Å². The highest BCUT2D eigenvalue weighted by molar-refractivity contribution is 9.10. The molecule has 1 amide bonds. The van der Waals surface area contributed by atoms with Crippen molar-refractivity contribution in [2.24, 2.45) is 0 Å². The average Bonchev–Trinajstić information content (AvgIpc) is 2.42. The predicted octanol–water partition coefficient (Wildman–Crippen LogP) is 3.43. The Balaban J connectivity index is 2.24. The molecule has 0 aliphatic carbocycles. The number of carbonyl (C=O) groups excluding carboxylic acids is 1. The van der Waals surface area contributed by atoms with Crippen LogP contribution in [0.3, 0.4) is 0 Å². The molecule has 0 saturated heterocycles. The fraction of sp³-hybridized carbons (Fsp3) is 0.0714. The molecule has 2 aromatic carbocycles. The van der Waals surface area contributed by atoms with Crippen LogP contribution in [0.2, 0.25) is 0 Å². The molecule has 2 aromatic rings. The molecular formula is C14H12BrFN2O2. The van der Waals surface area contributed by atoms with Gasteiger partial charge in [-0.1, -0.05) is 0 Å². The Morgan fingerprint density at radius 3 is 2.70 bits per heavy atom. The van der Waals surface area contributed by atoms with Crippen molar-refractivity contribution < 1.29 is 13.9 Å². The molecule has 0 aliphatic heterocycles. The summed E-state index contributed by atoms with van der Waals surface area (Å²) in [5.74, 6) is -0.296. The number of amides is 1. The number of nitrogen functional groups attached to an aromatic ring is 1. The van der Waals surface area contributed by atoms with Crippen molar-refractivity contribution in [2.75, 3.05) is 18.2 Å². The van der Waals surface area contributed by atoms with Crippen molar-refractivity contribution >= 4 is 33.2 Å². The Kier molecular flexibility index (Phi) is 4.24. The maximum atomic E-state index is 13.0. The van der Waals surface area contributed by atoms with E-state index in [2.05, 4.69) is 21.2 Å². The molecule has 0 heterocycles. The first-order chi connectivity index (χ1) is 9.51. The van der Waals surface area contributed by atoms with Crippen LogP contribution in [0.4, 0.5) is 15.8 Å². The van der Waals surface area contributed by atoms with Crippen LogP contribution in [0.15, 0.2) is 40.9 Å². The summed E-state index contributed by atoms with van der Waals surface area (Å²) >= 11 is 3.19. The number of halogens is 2. The molecule has 104 valence electrons. The molecule has 6 heteroatoms. The first-order valence-electron chi connectivity index (χ1n) is 5.71. The number of carbonyl (C=O) groups is 1. The molecule has 0 fully saturated rings. The summed E-state index contributed by atoms with van der Waals surface area (Å²) in [6.07, 6.45) is 0. The molecule has 0 unspecified atom stereocenters. The van der Waals surface area contributed by atoms with Crippen LogP contribution < -0.4 is 15.8 Å². The van der Waals surface area contributed by atoms with Crippen LogP contribution in [0, 0.1) is 5.82 Å². The zero-order valence-corrected chi connectivity index (χ0v) is 12.2. The number of benzene rings is 2. The number of hydrogen-bond donors (Lipinski definition) is 2. The van der Waals surface area contributed by atoms with Crippen molar-refractivity contribution in [1.29, 1.82) is 0 Å². The minimum absolute atomic E-state index is 0.337. The number of methoxy groups -OCH3 is 1. The predicted molar refractivity (Wildman–Crippen MR) is 79.5 cm³/mol. The summed E-state index contributed by atoms with van der Waals surface area (Å²) in [7, 11) is 1.48. The number of anilines is 2. The smallest absolute Gasteiger partial charge is 0.255 e. The van der Waals surface area contributed by atoms with Gasteiger partial charge >= 0.3 is 0 Å². The van der Waals surface area contributed by atoms with Crippen molar-refractivity contribution in [1.82, 2.24) is 0 Å². The fourth-order valence-corrected chi connectivity index (χ4v) is 2.09. The maximum Gasteiger partial charge on any atom is 0.255 e. The van der Waals surface area contributed by atoms with Crippen LogP contribution in [0.5, 0.6) is 5.75 Å². The summed E-state index contributed by atoms with van der Waals surface area (Å²) in [6.45, 7) is 0. The number of rotatable bonds is 3.